The zero-order valence-electron chi connectivity index (χ0n) is 12.2. The number of carbonyl (C=O) groups is 1. The first-order valence-corrected chi connectivity index (χ1v) is 7.96. The number of aryl methyl sites for hydroxylation is 1. The van der Waals surface area contributed by atoms with Crippen LogP contribution in [-0.2, 0) is 4.79 Å². The second-order valence-corrected chi connectivity index (χ2v) is 6.45. The first kappa shape index (κ1) is 14.1. The molecule has 1 fully saturated rings. The Kier molecular flexibility index (Phi) is 3.92. The molecule has 0 aliphatic heterocycles. The van der Waals surface area contributed by atoms with E-state index in [4.69, 9.17) is 0 Å². The Morgan fingerprint density at radius 3 is 2.90 bits per heavy atom. The molecule has 0 radical (unpaired) electrons. The Hall–Kier alpha value is -1.89. The third kappa shape index (κ3) is 3.24. The molecule has 2 aromatic heterocycles. The number of hydrogen-bond acceptors (Lipinski definition) is 6. The number of anilines is 2. The van der Waals surface area contributed by atoms with Crippen molar-refractivity contribution in [3.05, 3.63) is 10.9 Å². The van der Waals surface area contributed by atoms with Crippen molar-refractivity contribution in [1.82, 2.24) is 15.3 Å². The van der Waals surface area contributed by atoms with Crippen LogP contribution in [0.5, 0.6) is 0 Å². The maximum Gasteiger partial charge on any atom is 0.225 e. The summed E-state index contributed by atoms with van der Waals surface area (Å²) in [6, 6.07) is 2.09. The van der Waals surface area contributed by atoms with Crippen LogP contribution >= 0.6 is 11.3 Å². The molecule has 1 amide bonds. The fourth-order valence-corrected chi connectivity index (χ4v) is 3.02. The smallest absolute Gasteiger partial charge is 0.225 e. The Morgan fingerprint density at radius 1 is 1.38 bits per heavy atom. The minimum Gasteiger partial charge on any atom is -0.368 e. The minimum atomic E-state index is 0.173. The molecule has 112 valence electrons. The fraction of sp³-hybridized carbons (Fsp3) is 0.500. The van der Waals surface area contributed by atoms with Gasteiger partial charge in [-0.05, 0) is 25.8 Å². The Bertz CT molecular complexity index is 665. The summed E-state index contributed by atoms with van der Waals surface area (Å²) in [5, 5.41) is 10.2. The number of rotatable bonds is 6. The van der Waals surface area contributed by atoms with Crippen molar-refractivity contribution < 1.29 is 4.79 Å². The second-order valence-electron chi connectivity index (χ2n) is 5.21. The third-order valence-corrected chi connectivity index (χ3v) is 4.35. The largest absolute Gasteiger partial charge is 0.368 e. The first-order chi connectivity index (χ1) is 10.2. The fourth-order valence-electron chi connectivity index (χ4n) is 2.14. The lowest BCUT2D eigenvalue weighted by Gasteiger charge is -2.09. The van der Waals surface area contributed by atoms with Gasteiger partial charge in [-0.2, -0.15) is 4.98 Å². The highest BCUT2D eigenvalue weighted by molar-refractivity contribution is 7.18. The second kappa shape index (κ2) is 5.85. The highest BCUT2D eigenvalue weighted by Gasteiger charge is 2.28. The maximum atomic E-state index is 11.6. The van der Waals surface area contributed by atoms with Gasteiger partial charge in [-0.1, -0.05) is 0 Å². The molecule has 1 saturated carbocycles. The number of hydrogen-bond donors (Lipinski definition) is 3. The van der Waals surface area contributed by atoms with Crippen molar-refractivity contribution in [2.45, 2.75) is 19.8 Å². The Balaban J connectivity index is 1.65. The van der Waals surface area contributed by atoms with Gasteiger partial charge < -0.3 is 16.0 Å². The van der Waals surface area contributed by atoms with Gasteiger partial charge in [-0.25, -0.2) is 4.98 Å². The molecular formula is C14H19N5OS. The molecule has 1 aliphatic rings. The summed E-state index contributed by atoms with van der Waals surface area (Å²) in [5.74, 6) is 1.85. The highest BCUT2D eigenvalue weighted by atomic mass is 32.1. The number of nitrogens with one attached hydrogen (secondary N) is 3. The van der Waals surface area contributed by atoms with Gasteiger partial charge in [0, 0.05) is 30.9 Å². The lowest BCUT2D eigenvalue weighted by molar-refractivity contribution is -0.122. The lowest BCUT2D eigenvalue weighted by atomic mass is 10.3. The molecular weight excluding hydrogens is 286 g/mol. The summed E-state index contributed by atoms with van der Waals surface area (Å²) in [7, 11) is 1.81. The van der Waals surface area contributed by atoms with E-state index >= 15 is 0 Å². The van der Waals surface area contributed by atoms with Crippen molar-refractivity contribution >= 4 is 39.2 Å². The average molecular weight is 305 g/mol. The van der Waals surface area contributed by atoms with E-state index in [1.807, 2.05) is 0 Å². The minimum absolute atomic E-state index is 0.173. The van der Waals surface area contributed by atoms with Gasteiger partial charge in [0.05, 0.1) is 5.39 Å². The zero-order chi connectivity index (χ0) is 14.8. The van der Waals surface area contributed by atoms with Crippen molar-refractivity contribution in [1.29, 1.82) is 0 Å². The highest BCUT2D eigenvalue weighted by Crippen LogP contribution is 2.30. The van der Waals surface area contributed by atoms with Crippen LogP contribution in [0.15, 0.2) is 6.07 Å². The number of carbonyl (C=O) groups excluding carboxylic acids is 1. The molecule has 0 unspecified atom stereocenters. The molecule has 6 nitrogen and oxygen atoms in total. The summed E-state index contributed by atoms with van der Waals surface area (Å²) >= 11 is 1.65. The molecule has 7 heteroatoms. The quantitative estimate of drug-likeness (QED) is 0.711. The molecule has 3 N–H and O–H groups in total. The van der Waals surface area contributed by atoms with Crippen LogP contribution in [0.2, 0.25) is 0 Å². The van der Waals surface area contributed by atoms with Gasteiger partial charge in [0.15, 0.2) is 0 Å². The summed E-state index contributed by atoms with van der Waals surface area (Å²) in [4.78, 5) is 22.6. The van der Waals surface area contributed by atoms with Gasteiger partial charge in [0.1, 0.15) is 10.6 Å². The summed E-state index contributed by atoms with van der Waals surface area (Å²) in [5.41, 5.74) is 0. The van der Waals surface area contributed by atoms with Crippen LogP contribution in [0.1, 0.15) is 17.7 Å². The van der Waals surface area contributed by atoms with E-state index in [1.54, 1.807) is 18.4 Å². The lowest BCUT2D eigenvalue weighted by Crippen LogP contribution is -2.30. The van der Waals surface area contributed by atoms with E-state index in [2.05, 4.69) is 38.9 Å². The normalized spacial score (nSPS) is 14.2. The van der Waals surface area contributed by atoms with Crippen LogP contribution in [0.25, 0.3) is 10.2 Å². The van der Waals surface area contributed by atoms with Crippen LogP contribution < -0.4 is 16.0 Å². The predicted molar refractivity (Wildman–Crippen MR) is 85.9 cm³/mol. The molecule has 0 aromatic carbocycles. The van der Waals surface area contributed by atoms with Crippen molar-refractivity contribution in [3.63, 3.8) is 0 Å². The van der Waals surface area contributed by atoms with E-state index < -0.39 is 0 Å². The summed E-state index contributed by atoms with van der Waals surface area (Å²) in [6.07, 6.45) is 2.07. The molecule has 1 aliphatic carbocycles. The van der Waals surface area contributed by atoms with Crippen molar-refractivity contribution in [3.8, 4) is 0 Å². The zero-order valence-corrected chi connectivity index (χ0v) is 13.0. The van der Waals surface area contributed by atoms with E-state index in [-0.39, 0.29) is 11.8 Å². The molecule has 0 spiro atoms. The van der Waals surface area contributed by atoms with Gasteiger partial charge in [-0.15, -0.1) is 11.3 Å². The molecule has 0 atom stereocenters. The molecule has 2 aromatic rings. The van der Waals surface area contributed by atoms with Crippen LogP contribution in [0, 0.1) is 12.8 Å². The first-order valence-electron chi connectivity index (χ1n) is 7.15. The Labute approximate surface area is 127 Å². The SMILES string of the molecule is CNc1nc(NCCNC(=O)C2CC2)c2cc(C)sc2n1. The van der Waals surface area contributed by atoms with E-state index in [1.165, 1.54) is 4.88 Å². The topological polar surface area (TPSA) is 78.9 Å². The third-order valence-electron chi connectivity index (χ3n) is 3.40. The number of thiophene rings is 1. The molecule has 3 rings (SSSR count). The Morgan fingerprint density at radius 2 is 2.19 bits per heavy atom. The van der Waals surface area contributed by atoms with Gasteiger partial charge in [0.25, 0.3) is 0 Å². The summed E-state index contributed by atoms with van der Waals surface area (Å²) < 4.78 is 0. The van der Waals surface area contributed by atoms with Crippen molar-refractivity contribution in [2.75, 3.05) is 30.8 Å². The van der Waals surface area contributed by atoms with Crippen LogP contribution in [-0.4, -0.2) is 36.0 Å². The molecule has 21 heavy (non-hydrogen) atoms. The van der Waals surface area contributed by atoms with Crippen LogP contribution in [0.3, 0.4) is 0 Å². The van der Waals surface area contributed by atoms with E-state index in [0.29, 0.717) is 19.0 Å². The van der Waals surface area contributed by atoms with Gasteiger partial charge in [0.2, 0.25) is 11.9 Å². The molecule has 2 heterocycles. The number of fused-ring (bicyclic) bond motifs is 1. The van der Waals surface area contributed by atoms with Gasteiger partial charge >= 0.3 is 0 Å². The average Bonchev–Trinajstić information content (AvgIpc) is 3.24. The number of amides is 1. The van der Waals surface area contributed by atoms with E-state index in [0.717, 1.165) is 28.9 Å². The van der Waals surface area contributed by atoms with Crippen LogP contribution in [0.4, 0.5) is 11.8 Å². The molecule has 0 bridgehead atoms. The standard InChI is InChI=1S/C14H19N5OS/c1-8-7-10-11(18-14(15-2)19-13(10)21-8)16-5-6-17-12(20)9-3-4-9/h7,9H,3-6H2,1-2H3,(H,17,20)(H2,15,16,18,19). The number of nitrogens with zero attached hydrogens (tertiary/aromatic N) is 2. The molecule has 0 saturated heterocycles. The van der Waals surface area contributed by atoms with Crippen molar-refractivity contribution in [2.24, 2.45) is 5.92 Å². The number of aromatic nitrogens is 2. The predicted octanol–water partition coefficient (Wildman–Crippen LogP) is 1.98. The monoisotopic (exact) mass is 305 g/mol. The maximum absolute atomic E-state index is 11.6. The summed E-state index contributed by atoms with van der Waals surface area (Å²) in [6.45, 7) is 3.33. The van der Waals surface area contributed by atoms with Gasteiger partial charge in [-0.3, -0.25) is 4.79 Å². The van der Waals surface area contributed by atoms with E-state index in [9.17, 15) is 4.79 Å².